The maximum absolute atomic E-state index is 12.6. The van der Waals surface area contributed by atoms with Crippen LogP contribution in [0.15, 0.2) is 0 Å². The molecule has 0 aliphatic carbocycles. The fourth-order valence-corrected chi connectivity index (χ4v) is 6.94. The minimum atomic E-state index is -4.26. The fraction of sp³-hybridized carbons (Fsp3) is 0.975. The van der Waals surface area contributed by atoms with Crippen LogP contribution >= 0.6 is 7.82 Å². The summed E-state index contributed by atoms with van der Waals surface area (Å²) in [4.78, 5) is 22.4. The summed E-state index contributed by atoms with van der Waals surface area (Å²) in [6.45, 7) is 4.98. The minimum absolute atomic E-state index is 0.0902. The van der Waals surface area contributed by atoms with Gasteiger partial charge in [0.25, 0.3) is 0 Å². The number of ether oxygens (including phenoxy) is 2. The van der Waals surface area contributed by atoms with Gasteiger partial charge in [-0.25, -0.2) is 4.57 Å². The Kier molecular flexibility index (Phi) is 38.3. The third-order valence-corrected chi connectivity index (χ3v) is 10.3. The van der Waals surface area contributed by atoms with Crippen LogP contribution in [0.4, 0.5) is 0 Å². The Bertz CT molecular complexity index is 727. The number of carbonyl (C=O) groups is 1. The topological polar surface area (TPSA) is 117 Å². The van der Waals surface area contributed by atoms with E-state index in [1.54, 1.807) is 0 Å². The molecule has 0 rings (SSSR count). The quantitative estimate of drug-likeness (QED) is 0.0364. The van der Waals surface area contributed by atoms with Gasteiger partial charge in [0.05, 0.1) is 19.8 Å². The molecule has 0 saturated carbocycles. The lowest BCUT2D eigenvalue weighted by molar-refractivity contribution is -0.154. The monoisotopic (exact) mass is 720 g/mol. The molecule has 0 bridgehead atoms. The van der Waals surface area contributed by atoms with Crippen LogP contribution in [0.25, 0.3) is 0 Å². The summed E-state index contributed by atoms with van der Waals surface area (Å²) in [5.41, 5.74) is 5.36. The van der Waals surface area contributed by atoms with E-state index in [9.17, 15) is 14.3 Å². The van der Waals surface area contributed by atoms with Crippen molar-refractivity contribution in [3.05, 3.63) is 0 Å². The van der Waals surface area contributed by atoms with Crippen molar-refractivity contribution in [2.24, 2.45) is 5.73 Å². The van der Waals surface area contributed by atoms with Crippen LogP contribution in [0.5, 0.6) is 0 Å². The number of hydrogen-bond donors (Lipinski definition) is 2. The van der Waals surface area contributed by atoms with E-state index >= 15 is 0 Å². The van der Waals surface area contributed by atoms with Gasteiger partial charge in [-0.15, -0.1) is 0 Å². The highest BCUT2D eigenvalue weighted by Crippen LogP contribution is 2.43. The molecule has 0 amide bonds. The second-order valence-electron chi connectivity index (χ2n) is 14.2. The van der Waals surface area contributed by atoms with Crippen molar-refractivity contribution in [2.45, 2.75) is 219 Å². The summed E-state index contributed by atoms with van der Waals surface area (Å²) in [6, 6.07) is 0. The van der Waals surface area contributed by atoms with Gasteiger partial charge in [0, 0.05) is 19.6 Å². The number of phosphoric acid groups is 1. The van der Waals surface area contributed by atoms with E-state index in [0.29, 0.717) is 13.0 Å². The zero-order valence-corrected chi connectivity index (χ0v) is 33.3. The summed E-state index contributed by atoms with van der Waals surface area (Å²) < 4.78 is 33.4. The molecule has 0 aromatic carbocycles. The number of phosphoric ester groups is 1. The summed E-state index contributed by atoms with van der Waals surface area (Å²) >= 11 is 0. The Morgan fingerprint density at radius 1 is 0.531 bits per heavy atom. The normalized spacial score (nSPS) is 13.5. The van der Waals surface area contributed by atoms with Crippen LogP contribution in [-0.4, -0.2) is 49.9 Å². The first-order valence-corrected chi connectivity index (χ1v) is 22.5. The molecular formula is C40H82NO7P. The zero-order chi connectivity index (χ0) is 35.9. The highest BCUT2D eigenvalue weighted by atomic mass is 31.2. The Labute approximate surface area is 303 Å². The van der Waals surface area contributed by atoms with Crippen LogP contribution < -0.4 is 5.73 Å². The maximum atomic E-state index is 12.6. The summed E-state index contributed by atoms with van der Waals surface area (Å²) in [5, 5.41) is 0. The standard InChI is InChI=1S/C40H82NO7P/c1-3-5-7-9-11-13-15-17-19-21-23-25-27-29-31-33-40(42)48-39(38-47-49(43,44)46-36-34-41)37-45-35-32-30-28-26-24-22-20-18-16-14-12-10-8-6-4-2/h39H,3-38,41H2,1-2H3,(H,43,44). The van der Waals surface area contributed by atoms with Gasteiger partial charge in [-0.1, -0.05) is 194 Å². The first kappa shape index (κ1) is 48.5. The Morgan fingerprint density at radius 3 is 1.29 bits per heavy atom. The lowest BCUT2D eigenvalue weighted by Gasteiger charge is -2.20. The number of carbonyl (C=O) groups excluding carboxylic acids is 1. The Hall–Kier alpha value is -0.500. The fourth-order valence-electron chi connectivity index (χ4n) is 6.17. The first-order valence-electron chi connectivity index (χ1n) is 21.0. The van der Waals surface area contributed by atoms with Crippen molar-refractivity contribution < 1.29 is 32.8 Å². The van der Waals surface area contributed by atoms with E-state index in [1.807, 2.05) is 0 Å². The van der Waals surface area contributed by atoms with Gasteiger partial charge in [-0.3, -0.25) is 13.8 Å². The first-order chi connectivity index (χ1) is 23.9. The number of rotatable bonds is 41. The summed E-state index contributed by atoms with van der Waals surface area (Å²) in [7, 11) is -4.26. The maximum Gasteiger partial charge on any atom is 0.472 e. The average Bonchev–Trinajstić information content (AvgIpc) is 3.09. The molecule has 0 aliphatic rings. The Morgan fingerprint density at radius 2 is 0.898 bits per heavy atom. The van der Waals surface area contributed by atoms with Gasteiger partial charge in [0.2, 0.25) is 0 Å². The smallest absolute Gasteiger partial charge is 0.457 e. The van der Waals surface area contributed by atoms with E-state index in [-0.39, 0.29) is 32.3 Å². The molecule has 9 heteroatoms. The van der Waals surface area contributed by atoms with Gasteiger partial charge in [0.1, 0.15) is 6.10 Å². The predicted molar refractivity (Wildman–Crippen MR) is 206 cm³/mol. The van der Waals surface area contributed by atoms with E-state index in [1.165, 1.54) is 161 Å². The molecule has 3 N–H and O–H groups in total. The molecule has 2 atom stereocenters. The highest BCUT2D eigenvalue weighted by molar-refractivity contribution is 7.47. The lowest BCUT2D eigenvalue weighted by atomic mass is 10.0. The van der Waals surface area contributed by atoms with Crippen LogP contribution in [0, 0.1) is 0 Å². The van der Waals surface area contributed by atoms with Gasteiger partial charge in [-0.2, -0.15) is 0 Å². The molecule has 0 aliphatic heterocycles. The molecule has 0 fully saturated rings. The second kappa shape index (κ2) is 38.7. The molecule has 0 saturated heterocycles. The molecule has 0 aromatic heterocycles. The largest absolute Gasteiger partial charge is 0.472 e. The molecule has 0 heterocycles. The van der Waals surface area contributed by atoms with Crippen LogP contribution in [0.3, 0.4) is 0 Å². The predicted octanol–water partition coefficient (Wildman–Crippen LogP) is 12.1. The third-order valence-electron chi connectivity index (χ3n) is 9.27. The van der Waals surface area contributed by atoms with Crippen molar-refractivity contribution in [3.63, 3.8) is 0 Å². The van der Waals surface area contributed by atoms with Crippen LogP contribution in [0.1, 0.15) is 213 Å². The van der Waals surface area contributed by atoms with Crippen molar-refractivity contribution in [3.8, 4) is 0 Å². The lowest BCUT2D eigenvalue weighted by Crippen LogP contribution is -2.28. The van der Waals surface area contributed by atoms with E-state index < -0.39 is 13.9 Å². The van der Waals surface area contributed by atoms with Crippen molar-refractivity contribution in [1.29, 1.82) is 0 Å². The van der Waals surface area contributed by atoms with Crippen molar-refractivity contribution >= 4 is 13.8 Å². The van der Waals surface area contributed by atoms with E-state index in [4.69, 9.17) is 24.3 Å². The molecule has 8 nitrogen and oxygen atoms in total. The second-order valence-corrected chi connectivity index (χ2v) is 15.7. The summed E-state index contributed by atoms with van der Waals surface area (Å²) in [5.74, 6) is -0.325. The molecule has 294 valence electrons. The molecule has 2 unspecified atom stereocenters. The van der Waals surface area contributed by atoms with Crippen LogP contribution in [0.2, 0.25) is 0 Å². The van der Waals surface area contributed by atoms with Gasteiger partial charge in [-0.05, 0) is 12.8 Å². The highest BCUT2D eigenvalue weighted by Gasteiger charge is 2.25. The van der Waals surface area contributed by atoms with E-state index in [0.717, 1.165) is 32.1 Å². The summed E-state index contributed by atoms with van der Waals surface area (Å²) in [6.07, 6.45) is 38.2. The van der Waals surface area contributed by atoms with Gasteiger partial charge >= 0.3 is 13.8 Å². The number of nitrogens with two attached hydrogens (primary N) is 1. The molecule has 49 heavy (non-hydrogen) atoms. The molecule has 0 spiro atoms. The third kappa shape index (κ3) is 38.6. The molecule has 0 aromatic rings. The number of unbranched alkanes of at least 4 members (excludes halogenated alkanes) is 28. The number of esters is 1. The van der Waals surface area contributed by atoms with Crippen molar-refractivity contribution in [1.82, 2.24) is 0 Å². The number of hydrogen-bond acceptors (Lipinski definition) is 7. The average molecular weight is 720 g/mol. The SMILES string of the molecule is CCCCCCCCCCCCCCCCCOCC(COP(=O)(O)OCCN)OC(=O)CCCCCCCCCCCCCCCCC. The minimum Gasteiger partial charge on any atom is -0.457 e. The van der Waals surface area contributed by atoms with Gasteiger partial charge in [0.15, 0.2) is 0 Å². The zero-order valence-electron chi connectivity index (χ0n) is 32.5. The van der Waals surface area contributed by atoms with Crippen molar-refractivity contribution in [2.75, 3.05) is 33.0 Å². The Balaban J connectivity index is 3.99. The van der Waals surface area contributed by atoms with Gasteiger partial charge < -0.3 is 20.1 Å². The van der Waals surface area contributed by atoms with E-state index in [2.05, 4.69) is 13.8 Å². The molecule has 0 radical (unpaired) electrons. The molecular weight excluding hydrogens is 637 g/mol. The van der Waals surface area contributed by atoms with Crippen LogP contribution in [-0.2, 0) is 27.9 Å².